The number of nitrogens with one attached hydrogen (secondary N) is 2. The van der Waals surface area contributed by atoms with Crippen LogP contribution in [-0.4, -0.2) is 15.9 Å². The number of thiocarbonyl (C=S) groups is 1. The molecular formula is C18H21N3OS. The van der Waals surface area contributed by atoms with E-state index in [-0.39, 0.29) is 5.75 Å². The fourth-order valence-corrected chi connectivity index (χ4v) is 2.26. The van der Waals surface area contributed by atoms with Gasteiger partial charge < -0.3 is 10.4 Å². The van der Waals surface area contributed by atoms with Crippen LogP contribution in [0.4, 0.5) is 0 Å². The normalized spacial score (nSPS) is 11.1. The summed E-state index contributed by atoms with van der Waals surface area (Å²) in [7, 11) is 0. The highest BCUT2D eigenvalue weighted by molar-refractivity contribution is 7.80. The molecule has 0 amide bonds. The fourth-order valence-electron chi connectivity index (χ4n) is 2.15. The van der Waals surface area contributed by atoms with Crippen LogP contribution in [-0.2, 0) is 6.54 Å². The minimum atomic E-state index is 0.223. The molecule has 5 heteroatoms. The molecule has 23 heavy (non-hydrogen) atoms. The maximum atomic E-state index is 10.00. The van der Waals surface area contributed by atoms with Gasteiger partial charge in [-0.15, -0.1) is 0 Å². The van der Waals surface area contributed by atoms with Crippen molar-refractivity contribution in [3.8, 4) is 5.75 Å². The number of phenols is 1. The fraction of sp³-hybridized carbons (Fsp3) is 0.222. The molecule has 0 saturated carbocycles. The Bertz CT molecular complexity index is 699. The maximum absolute atomic E-state index is 10.00. The number of hydrazone groups is 1. The Labute approximate surface area is 142 Å². The number of aryl methyl sites for hydroxylation is 1. The molecule has 120 valence electrons. The summed E-state index contributed by atoms with van der Waals surface area (Å²) in [5, 5.41) is 17.9. The molecule has 4 nitrogen and oxygen atoms in total. The Hall–Kier alpha value is -2.40. The molecule has 0 atom stereocenters. The lowest BCUT2D eigenvalue weighted by molar-refractivity contribution is 0.474. The molecule has 0 unspecified atom stereocenters. The summed E-state index contributed by atoms with van der Waals surface area (Å²) in [6.07, 6.45) is 0.686. The van der Waals surface area contributed by atoms with E-state index in [9.17, 15) is 5.11 Å². The van der Waals surface area contributed by atoms with Gasteiger partial charge in [0.05, 0.1) is 5.71 Å². The standard InChI is InChI=1S/C18H21N3OS/c1-3-16(15-11-13(2)9-10-17(15)22)20-21-18(23)19-12-14-7-5-4-6-8-14/h4-11,22H,3,12H2,1-2H3,(H2,19,21,23)/b20-16+. The first-order valence-electron chi connectivity index (χ1n) is 7.54. The maximum Gasteiger partial charge on any atom is 0.187 e. The minimum Gasteiger partial charge on any atom is -0.507 e. The zero-order chi connectivity index (χ0) is 16.7. The average Bonchev–Trinajstić information content (AvgIpc) is 2.57. The van der Waals surface area contributed by atoms with E-state index in [1.165, 1.54) is 0 Å². The van der Waals surface area contributed by atoms with Crippen LogP contribution in [0.5, 0.6) is 5.75 Å². The number of hydrogen-bond donors (Lipinski definition) is 3. The first-order valence-corrected chi connectivity index (χ1v) is 7.95. The summed E-state index contributed by atoms with van der Waals surface area (Å²) >= 11 is 5.24. The third-order valence-corrected chi connectivity index (χ3v) is 3.62. The van der Waals surface area contributed by atoms with Crippen molar-refractivity contribution in [2.24, 2.45) is 5.10 Å². The van der Waals surface area contributed by atoms with Crippen molar-refractivity contribution >= 4 is 23.0 Å². The van der Waals surface area contributed by atoms with E-state index in [0.717, 1.165) is 22.4 Å². The Morgan fingerprint density at radius 3 is 2.61 bits per heavy atom. The van der Waals surface area contributed by atoms with Gasteiger partial charge >= 0.3 is 0 Å². The van der Waals surface area contributed by atoms with E-state index in [1.54, 1.807) is 6.07 Å². The van der Waals surface area contributed by atoms with Crippen LogP contribution in [0.2, 0.25) is 0 Å². The smallest absolute Gasteiger partial charge is 0.187 e. The van der Waals surface area contributed by atoms with E-state index in [2.05, 4.69) is 15.8 Å². The van der Waals surface area contributed by atoms with Gasteiger partial charge in [0.1, 0.15) is 5.75 Å². The number of nitrogens with zero attached hydrogens (tertiary/aromatic N) is 1. The number of hydrogen-bond acceptors (Lipinski definition) is 3. The second-order valence-corrected chi connectivity index (χ2v) is 5.62. The summed E-state index contributed by atoms with van der Waals surface area (Å²) in [6, 6.07) is 15.5. The third kappa shape index (κ3) is 5.07. The van der Waals surface area contributed by atoms with Crippen LogP contribution in [0.25, 0.3) is 0 Å². The van der Waals surface area contributed by atoms with Gasteiger partial charge in [-0.1, -0.05) is 48.9 Å². The lowest BCUT2D eigenvalue weighted by atomic mass is 10.0. The second kappa shape index (κ2) is 8.29. The van der Waals surface area contributed by atoms with Crippen molar-refractivity contribution in [2.75, 3.05) is 0 Å². The number of phenolic OH excluding ortho intramolecular Hbond substituents is 1. The minimum absolute atomic E-state index is 0.223. The average molecular weight is 327 g/mol. The predicted molar refractivity (Wildman–Crippen MR) is 98.7 cm³/mol. The molecule has 0 fully saturated rings. The van der Waals surface area contributed by atoms with E-state index in [0.29, 0.717) is 18.1 Å². The van der Waals surface area contributed by atoms with Gasteiger partial charge in [0.15, 0.2) is 5.11 Å². The summed E-state index contributed by atoms with van der Waals surface area (Å²) in [5.74, 6) is 0.223. The Morgan fingerprint density at radius 2 is 1.91 bits per heavy atom. The monoisotopic (exact) mass is 327 g/mol. The molecule has 2 aromatic rings. The summed E-state index contributed by atoms with van der Waals surface area (Å²) in [6.45, 7) is 4.61. The highest BCUT2D eigenvalue weighted by Crippen LogP contribution is 2.20. The summed E-state index contributed by atoms with van der Waals surface area (Å²) < 4.78 is 0. The van der Waals surface area contributed by atoms with Crippen LogP contribution in [0, 0.1) is 6.92 Å². The van der Waals surface area contributed by atoms with E-state index >= 15 is 0 Å². The molecule has 0 aliphatic rings. The van der Waals surface area contributed by atoms with Crippen LogP contribution in [0.15, 0.2) is 53.6 Å². The largest absolute Gasteiger partial charge is 0.507 e. The highest BCUT2D eigenvalue weighted by Gasteiger charge is 2.08. The molecule has 0 heterocycles. The van der Waals surface area contributed by atoms with Crippen LogP contribution < -0.4 is 10.7 Å². The van der Waals surface area contributed by atoms with Crippen molar-refractivity contribution in [1.29, 1.82) is 0 Å². The topological polar surface area (TPSA) is 56.7 Å². The third-order valence-electron chi connectivity index (χ3n) is 3.39. The Balaban J connectivity index is 1.99. The highest BCUT2D eigenvalue weighted by atomic mass is 32.1. The Morgan fingerprint density at radius 1 is 1.17 bits per heavy atom. The molecule has 0 aromatic heterocycles. The van der Waals surface area contributed by atoms with E-state index < -0.39 is 0 Å². The first-order chi connectivity index (χ1) is 11.1. The number of benzene rings is 2. The van der Waals surface area contributed by atoms with E-state index in [1.807, 2.05) is 56.3 Å². The molecule has 2 aromatic carbocycles. The first kappa shape index (κ1) is 17.0. The van der Waals surface area contributed by atoms with Crippen molar-refractivity contribution in [3.63, 3.8) is 0 Å². The van der Waals surface area contributed by atoms with Crippen molar-refractivity contribution < 1.29 is 5.11 Å². The molecule has 0 aliphatic carbocycles. The SMILES string of the molecule is CC/C(=N\NC(=S)NCc1ccccc1)c1cc(C)ccc1O. The molecule has 0 aliphatic heterocycles. The number of aromatic hydroxyl groups is 1. The summed E-state index contributed by atoms with van der Waals surface area (Å²) in [5.41, 5.74) is 6.55. The summed E-state index contributed by atoms with van der Waals surface area (Å²) in [4.78, 5) is 0. The lowest BCUT2D eigenvalue weighted by Gasteiger charge is -2.10. The van der Waals surface area contributed by atoms with Crippen LogP contribution >= 0.6 is 12.2 Å². The van der Waals surface area contributed by atoms with Gasteiger partial charge in [-0.2, -0.15) is 5.10 Å². The van der Waals surface area contributed by atoms with Crippen LogP contribution in [0.3, 0.4) is 0 Å². The van der Waals surface area contributed by atoms with Crippen molar-refractivity contribution in [3.05, 3.63) is 65.2 Å². The molecule has 0 spiro atoms. The van der Waals surface area contributed by atoms with Gasteiger partial charge in [-0.3, -0.25) is 5.43 Å². The molecule has 3 N–H and O–H groups in total. The van der Waals surface area contributed by atoms with Crippen LogP contribution in [0.1, 0.15) is 30.0 Å². The molecule has 0 radical (unpaired) electrons. The lowest BCUT2D eigenvalue weighted by Crippen LogP contribution is -2.32. The van der Waals surface area contributed by atoms with Gasteiger partial charge in [-0.25, -0.2) is 0 Å². The quantitative estimate of drug-likeness (QED) is 0.447. The van der Waals surface area contributed by atoms with Gasteiger partial charge in [0, 0.05) is 12.1 Å². The zero-order valence-electron chi connectivity index (χ0n) is 13.3. The predicted octanol–water partition coefficient (Wildman–Crippen LogP) is 3.48. The Kier molecular flexibility index (Phi) is 6.11. The number of rotatable bonds is 5. The van der Waals surface area contributed by atoms with Crippen molar-refractivity contribution in [1.82, 2.24) is 10.7 Å². The molecule has 2 rings (SSSR count). The molecule has 0 saturated heterocycles. The molecular weight excluding hydrogens is 306 g/mol. The van der Waals surface area contributed by atoms with Gasteiger partial charge in [-0.05, 0) is 43.3 Å². The van der Waals surface area contributed by atoms with E-state index in [4.69, 9.17) is 12.2 Å². The van der Waals surface area contributed by atoms with Gasteiger partial charge in [0.2, 0.25) is 0 Å². The second-order valence-electron chi connectivity index (χ2n) is 5.21. The van der Waals surface area contributed by atoms with Gasteiger partial charge in [0.25, 0.3) is 0 Å². The molecule has 0 bridgehead atoms. The zero-order valence-corrected chi connectivity index (χ0v) is 14.2. The van der Waals surface area contributed by atoms with Crippen molar-refractivity contribution in [2.45, 2.75) is 26.8 Å².